The van der Waals surface area contributed by atoms with Gasteiger partial charge in [0.2, 0.25) is 5.88 Å². The molecule has 35 heavy (non-hydrogen) atoms. The molecule has 3 heterocycles. The summed E-state index contributed by atoms with van der Waals surface area (Å²) in [4.78, 5) is 26.0. The lowest BCUT2D eigenvalue weighted by atomic mass is 9.86. The molecule has 3 atom stereocenters. The van der Waals surface area contributed by atoms with Crippen molar-refractivity contribution in [3.05, 3.63) is 86.7 Å². The van der Waals surface area contributed by atoms with E-state index in [2.05, 4.69) is 9.97 Å². The number of pyridine rings is 2. The minimum absolute atomic E-state index is 0.00893. The zero-order chi connectivity index (χ0) is 25.1. The molecule has 9 heteroatoms. The third kappa shape index (κ3) is 6.25. The minimum Gasteiger partial charge on any atom is -0.474 e. The number of likely N-dealkylation sites (tertiary alicyclic amines) is 1. The summed E-state index contributed by atoms with van der Waals surface area (Å²) in [6, 6.07) is 12.9. The molecule has 1 fully saturated rings. The Balaban J connectivity index is 1.57. The average Bonchev–Trinajstić information content (AvgIpc) is 3.28. The number of hydrogen-bond acceptors (Lipinski definition) is 5. The van der Waals surface area contributed by atoms with Crippen LogP contribution in [0.2, 0.25) is 15.1 Å². The molecule has 0 aliphatic carbocycles. The highest BCUT2D eigenvalue weighted by Gasteiger charge is 2.40. The van der Waals surface area contributed by atoms with Crippen molar-refractivity contribution in [1.82, 2.24) is 19.8 Å². The first-order valence-electron chi connectivity index (χ1n) is 11.3. The van der Waals surface area contributed by atoms with Crippen molar-refractivity contribution in [2.75, 3.05) is 27.2 Å². The maximum absolute atomic E-state index is 13.4. The topological polar surface area (TPSA) is 58.6 Å². The fourth-order valence-corrected chi connectivity index (χ4v) is 4.85. The lowest BCUT2D eigenvalue weighted by molar-refractivity contribution is 0.0769. The Kier molecular flexibility index (Phi) is 8.17. The van der Waals surface area contributed by atoms with Gasteiger partial charge in [0, 0.05) is 49.9 Å². The van der Waals surface area contributed by atoms with Crippen LogP contribution in [-0.4, -0.2) is 59.0 Å². The maximum atomic E-state index is 13.4. The number of carbonyl (C=O) groups is 1. The van der Waals surface area contributed by atoms with Gasteiger partial charge in [0.05, 0.1) is 26.3 Å². The fraction of sp³-hybridized carbons (Fsp3) is 0.346. The van der Waals surface area contributed by atoms with Gasteiger partial charge in [-0.15, -0.1) is 0 Å². The van der Waals surface area contributed by atoms with Gasteiger partial charge in [-0.05, 0) is 56.9 Å². The molecular weight excluding hydrogens is 507 g/mol. The molecule has 3 aromatic rings. The summed E-state index contributed by atoms with van der Waals surface area (Å²) in [6.45, 7) is 3.77. The summed E-state index contributed by atoms with van der Waals surface area (Å²) < 4.78 is 6.16. The molecule has 184 valence electrons. The highest BCUT2D eigenvalue weighted by Crippen LogP contribution is 2.38. The molecule has 0 bridgehead atoms. The Hall–Kier alpha value is -2.38. The van der Waals surface area contributed by atoms with E-state index in [1.165, 1.54) is 0 Å². The van der Waals surface area contributed by atoms with Gasteiger partial charge in [-0.3, -0.25) is 9.78 Å². The van der Waals surface area contributed by atoms with E-state index in [1.807, 2.05) is 55.1 Å². The molecule has 0 saturated carbocycles. The van der Waals surface area contributed by atoms with Gasteiger partial charge in [-0.1, -0.05) is 40.9 Å². The maximum Gasteiger partial charge on any atom is 0.255 e. The smallest absolute Gasteiger partial charge is 0.255 e. The summed E-state index contributed by atoms with van der Waals surface area (Å²) in [7, 11) is 3.97. The van der Waals surface area contributed by atoms with Gasteiger partial charge in [-0.2, -0.15) is 0 Å². The largest absolute Gasteiger partial charge is 0.474 e. The first kappa shape index (κ1) is 25.7. The first-order valence-corrected chi connectivity index (χ1v) is 12.5. The zero-order valence-electron chi connectivity index (χ0n) is 19.8. The Morgan fingerprint density at radius 1 is 1.06 bits per heavy atom. The molecule has 1 aliphatic rings. The number of aromatic nitrogens is 2. The van der Waals surface area contributed by atoms with Crippen molar-refractivity contribution in [3.8, 4) is 5.88 Å². The molecular formula is C26H27Cl3N4O2. The molecule has 1 aromatic carbocycles. The summed E-state index contributed by atoms with van der Waals surface area (Å²) in [5.74, 6) is 0.449. The van der Waals surface area contributed by atoms with Crippen LogP contribution >= 0.6 is 34.8 Å². The second kappa shape index (κ2) is 11.1. The van der Waals surface area contributed by atoms with Crippen molar-refractivity contribution in [2.45, 2.75) is 25.5 Å². The minimum atomic E-state index is -0.221. The van der Waals surface area contributed by atoms with Crippen LogP contribution in [0.15, 0.2) is 54.9 Å². The van der Waals surface area contributed by atoms with Crippen LogP contribution in [0.25, 0.3) is 0 Å². The van der Waals surface area contributed by atoms with Crippen LogP contribution in [0.5, 0.6) is 5.88 Å². The van der Waals surface area contributed by atoms with Crippen molar-refractivity contribution in [2.24, 2.45) is 5.92 Å². The van der Waals surface area contributed by atoms with Crippen molar-refractivity contribution in [3.63, 3.8) is 0 Å². The molecule has 1 aliphatic heterocycles. The van der Waals surface area contributed by atoms with Gasteiger partial charge < -0.3 is 14.5 Å². The number of hydrogen-bond donors (Lipinski definition) is 0. The molecule has 2 aromatic heterocycles. The van der Waals surface area contributed by atoms with Crippen LogP contribution in [0.3, 0.4) is 0 Å². The Morgan fingerprint density at radius 2 is 1.86 bits per heavy atom. The van der Waals surface area contributed by atoms with Crippen molar-refractivity contribution < 1.29 is 9.53 Å². The van der Waals surface area contributed by atoms with E-state index >= 15 is 0 Å². The first-order chi connectivity index (χ1) is 16.7. The Labute approximate surface area is 220 Å². The highest BCUT2D eigenvalue weighted by atomic mass is 35.5. The summed E-state index contributed by atoms with van der Waals surface area (Å²) in [6.07, 6.45) is 2.99. The number of ether oxygens (including phenoxy) is 1. The van der Waals surface area contributed by atoms with E-state index in [1.54, 1.807) is 30.6 Å². The lowest BCUT2D eigenvalue weighted by Crippen LogP contribution is -2.32. The molecule has 4 rings (SSSR count). The quantitative estimate of drug-likeness (QED) is 0.383. The van der Waals surface area contributed by atoms with E-state index in [4.69, 9.17) is 39.5 Å². The van der Waals surface area contributed by atoms with Crippen LogP contribution in [-0.2, 0) is 6.54 Å². The number of carbonyl (C=O) groups excluding carboxylic acids is 1. The zero-order valence-corrected chi connectivity index (χ0v) is 22.1. The Bertz CT molecular complexity index is 1170. The normalized spacial score (nSPS) is 18.7. The van der Waals surface area contributed by atoms with Gasteiger partial charge in [0.1, 0.15) is 6.10 Å². The second-order valence-corrected chi connectivity index (χ2v) is 10.3. The summed E-state index contributed by atoms with van der Waals surface area (Å²) >= 11 is 18.5. The fourth-order valence-electron chi connectivity index (χ4n) is 4.43. The monoisotopic (exact) mass is 532 g/mol. The van der Waals surface area contributed by atoms with Crippen molar-refractivity contribution in [1.29, 1.82) is 0 Å². The van der Waals surface area contributed by atoms with Crippen LogP contribution in [0.4, 0.5) is 0 Å². The molecule has 6 nitrogen and oxygen atoms in total. The van der Waals surface area contributed by atoms with E-state index in [9.17, 15) is 4.79 Å². The molecule has 0 unspecified atom stereocenters. The predicted molar refractivity (Wildman–Crippen MR) is 140 cm³/mol. The summed E-state index contributed by atoms with van der Waals surface area (Å²) in [5.41, 5.74) is 2.49. The van der Waals surface area contributed by atoms with Crippen LogP contribution in [0, 0.1) is 5.92 Å². The molecule has 1 saturated heterocycles. The van der Waals surface area contributed by atoms with Gasteiger partial charge in [0.25, 0.3) is 5.91 Å². The highest BCUT2D eigenvalue weighted by molar-refractivity contribution is 6.42. The number of benzene rings is 1. The third-order valence-corrected chi connectivity index (χ3v) is 7.15. The third-order valence-electron chi connectivity index (χ3n) is 6.18. The SMILES string of the molecule is C[C@@H](Oc1ccc(Cl)cn1)[C@@H]1CN(C(=O)c2ccc(CN(C)C)nc2)C[C@H]1c1ccc(Cl)c(Cl)c1. The molecule has 0 N–H and O–H groups in total. The summed E-state index contributed by atoms with van der Waals surface area (Å²) in [5, 5.41) is 1.53. The number of amides is 1. The van der Waals surface area contributed by atoms with Crippen LogP contribution < -0.4 is 4.74 Å². The van der Waals surface area contributed by atoms with Gasteiger partial charge >= 0.3 is 0 Å². The van der Waals surface area contributed by atoms with Crippen molar-refractivity contribution >= 4 is 40.7 Å². The standard InChI is InChI=1S/C26H27Cl3N4O2/c1-16(35-25-9-6-19(27)12-31-25)21-14-33(15-22(21)17-5-8-23(28)24(29)10-17)26(34)18-4-7-20(30-11-18)13-32(2)3/h4-12,16,21-22H,13-15H2,1-3H3/t16-,21+,22+/m1/s1. The molecule has 0 spiro atoms. The van der Waals surface area contributed by atoms with E-state index in [0.717, 1.165) is 11.3 Å². The van der Waals surface area contributed by atoms with E-state index < -0.39 is 0 Å². The lowest BCUT2D eigenvalue weighted by Gasteiger charge is -2.25. The van der Waals surface area contributed by atoms with E-state index in [-0.39, 0.29) is 23.8 Å². The molecule has 0 radical (unpaired) electrons. The second-order valence-electron chi connectivity index (χ2n) is 9.07. The van der Waals surface area contributed by atoms with Gasteiger partial charge in [-0.25, -0.2) is 4.98 Å². The van der Waals surface area contributed by atoms with Crippen LogP contribution in [0.1, 0.15) is 34.5 Å². The number of rotatable bonds is 7. The predicted octanol–water partition coefficient (Wildman–Crippen LogP) is 5.82. The van der Waals surface area contributed by atoms with E-state index in [0.29, 0.717) is 46.1 Å². The molecule has 1 amide bonds. The average molecular weight is 534 g/mol. The Morgan fingerprint density at radius 3 is 2.49 bits per heavy atom. The number of nitrogens with zero attached hydrogens (tertiary/aromatic N) is 4. The van der Waals surface area contributed by atoms with Gasteiger partial charge in [0.15, 0.2) is 0 Å². The number of halogens is 3.